The van der Waals surface area contributed by atoms with Crippen LogP contribution in [0.2, 0.25) is 0 Å². The van der Waals surface area contributed by atoms with Gasteiger partial charge in [-0.1, -0.05) is 25.6 Å². The molecule has 1 amide bonds. The Labute approximate surface area is 170 Å². The molecule has 9 heteroatoms. The van der Waals surface area contributed by atoms with Crippen LogP contribution in [0.5, 0.6) is 0 Å². The molecule has 1 saturated heterocycles. The van der Waals surface area contributed by atoms with Crippen LogP contribution in [0.15, 0.2) is 11.2 Å². The van der Waals surface area contributed by atoms with Crippen molar-refractivity contribution < 1.29 is 13.2 Å². The molecule has 0 spiro atoms. The molecule has 0 unspecified atom stereocenters. The highest BCUT2D eigenvalue weighted by molar-refractivity contribution is 7.99. The summed E-state index contributed by atoms with van der Waals surface area (Å²) in [7, 11) is -3.03. The molecule has 2 aromatic rings. The van der Waals surface area contributed by atoms with Crippen LogP contribution in [-0.2, 0) is 14.6 Å². The predicted octanol–water partition coefficient (Wildman–Crippen LogP) is 2.42. The van der Waals surface area contributed by atoms with Crippen molar-refractivity contribution in [3.8, 4) is 0 Å². The van der Waals surface area contributed by atoms with Crippen molar-refractivity contribution in [3.63, 3.8) is 0 Å². The molecule has 1 fully saturated rings. The summed E-state index contributed by atoms with van der Waals surface area (Å²) in [5.41, 5.74) is 3.17. The van der Waals surface area contributed by atoms with Crippen LogP contribution in [-0.4, -0.2) is 63.4 Å². The molecular weight excluding hydrogens is 396 g/mol. The molecule has 0 radical (unpaired) electrons. The molecule has 0 aliphatic carbocycles. The van der Waals surface area contributed by atoms with Gasteiger partial charge in [-0.3, -0.25) is 9.20 Å². The SMILES string of the molecule is Cc1nc2nc(SCC(=O)N(CC(C)C)[C@H]3CCS(=O)(=O)C3)cn2c(C)c1C. The van der Waals surface area contributed by atoms with Crippen LogP contribution < -0.4 is 0 Å². The van der Waals surface area contributed by atoms with Gasteiger partial charge in [0, 0.05) is 30.2 Å². The van der Waals surface area contributed by atoms with Gasteiger partial charge in [-0.25, -0.2) is 18.4 Å². The Balaban J connectivity index is 1.74. The molecule has 154 valence electrons. The molecule has 2 aromatic heterocycles. The van der Waals surface area contributed by atoms with E-state index in [0.29, 0.717) is 18.7 Å². The number of carbonyl (C=O) groups is 1. The smallest absolute Gasteiger partial charge is 0.235 e. The number of amides is 1. The van der Waals surface area contributed by atoms with Gasteiger partial charge in [-0.05, 0) is 38.7 Å². The molecular formula is C19H28N4O3S2. The minimum atomic E-state index is -3.03. The lowest BCUT2D eigenvalue weighted by Crippen LogP contribution is -2.44. The molecule has 28 heavy (non-hydrogen) atoms. The number of imidazole rings is 1. The summed E-state index contributed by atoms with van der Waals surface area (Å²) < 4.78 is 25.7. The first-order valence-electron chi connectivity index (χ1n) is 9.53. The fourth-order valence-corrected chi connectivity index (χ4v) is 6.00. The monoisotopic (exact) mass is 424 g/mol. The number of thioether (sulfide) groups is 1. The molecule has 0 bridgehead atoms. The van der Waals surface area contributed by atoms with Crippen molar-refractivity contribution in [1.82, 2.24) is 19.3 Å². The summed E-state index contributed by atoms with van der Waals surface area (Å²) in [4.78, 5) is 23.7. The van der Waals surface area contributed by atoms with Crippen LogP contribution in [0.25, 0.3) is 5.78 Å². The first-order chi connectivity index (χ1) is 13.1. The number of carbonyl (C=O) groups excluding carboxylic acids is 1. The van der Waals surface area contributed by atoms with Gasteiger partial charge in [-0.2, -0.15) is 0 Å². The third kappa shape index (κ3) is 4.51. The standard InChI is InChI=1S/C19H28N4O3S2/c1-12(2)8-23(16-6-7-28(25,26)11-16)18(24)10-27-17-9-22-15(5)13(3)14(4)20-19(22)21-17/h9,12,16H,6-8,10-11H2,1-5H3/t16-/m0/s1. The van der Waals surface area contributed by atoms with Crippen molar-refractivity contribution in [2.45, 2.75) is 52.1 Å². The summed E-state index contributed by atoms with van der Waals surface area (Å²) in [5, 5.41) is 0.748. The minimum absolute atomic E-state index is 0.0325. The first kappa shape index (κ1) is 21.1. The van der Waals surface area contributed by atoms with Crippen molar-refractivity contribution in [2.24, 2.45) is 5.92 Å². The summed E-state index contributed by atoms with van der Waals surface area (Å²) >= 11 is 1.38. The van der Waals surface area contributed by atoms with E-state index in [4.69, 9.17) is 0 Å². The Morgan fingerprint density at radius 3 is 2.64 bits per heavy atom. The number of hydrogen-bond acceptors (Lipinski definition) is 6. The molecule has 7 nitrogen and oxygen atoms in total. The lowest BCUT2D eigenvalue weighted by atomic mass is 10.1. The molecule has 0 aromatic carbocycles. The number of nitrogens with zero attached hydrogens (tertiary/aromatic N) is 4. The summed E-state index contributed by atoms with van der Waals surface area (Å²) in [6.07, 6.45) is 2.44. The number of rotatable bonds is 6. The molecule has 1 aliphatic heterocycles. The average molecular weight is 425 g/mol. The summed E-state index contributed by atoms with van der Waals surface area (Å²) in [6.45, 7) is 10.7. The first-order valence-corrected chi connectivity index (χ1v) is 12.3. The lowest BCUT2D eigenvalue weighted by molar-refractivity contribution is -0.130. The molecule has 3 rings (SSSR count). The number of aromatic nitrogens is 3. The van der Waals surface area contributed by atoms with E-state index in [1.165, 1.54) is 11.8 Å². The van der Waals surface area contributed by atoms with E-state index in [2.05, 4.69) is 9.97 Å². The highest BCUT2D eigenvalue weighted by Gasteiger charge is 2.34. The van der Waals surface area contributed by atoms with Crippen LogP contribution in [0.3, 0.4) is 0 Å². The lowest BCUT2D eigenvalue weighted by Gasteiger charge is -2.29. The van der Waals surface area contributed by atoms with E-state index in [9.17, 15) is 13.2 Å². The van der Waals surface area contributed by atoms with Gasteiger partial charge in [0.05, 0.1) is 17.3 Å². The Kier molecular flexibility index (Phi) is 6.05. The van der Waals surface area contributed by atoms with E-state index >= 15 is 0 Å². The van der Waals surface area contributed by atoms with Crippen molar-refractivity contribution >= 4 is 33.3 Å². The van der Waals surface area contributed by atoms with Gasteiger partial charge in [0.1, 0.15) is 5.03 Å². The Hall–Kier alpha value is -1.61. The summed E-state index contributed by atoms with van der Waals surface area (Å²) in [6, 6.07) is -0.212. The zero-order valence-electron chi connectivity index (χ0n) is 17.1. The van der Waals surface area contributed by atoms with E-state index in [1.54, 1.807) is 4.90 Å². The molecule has 3 heterocycles. The van der Waals surface area contributed by atoms with E-state index in [-0.39, 0.29) is 35.1 Å². The quantitative estimate of drug-likeness (QED) is 0.662. The zero-order valence-corrected chi connectivity index (χ0v) is 18.7. The van der Waals surface area contributed by atoms with Crippen LogP contribution in [0.4, 0.5) is 0 Å². The summed E-state index contributed by atoms with van der Waals surface area (Å²) in [5.74, 6) is 1.37. The van der Waals surface area contributed by atoms with Gasteiger partial charge in [-0.15, -0.1) is 0 Å². The van der Waals surface area contributed by atoms with Crippen molar-refractivity contribution in [1.29, 1.82) is 0 Å². The normalized spacial score (nSPS) is 18.9. The van der Waals surface area contributed by atoms with Gasteiger partial charge >= 0.3 is 0 Å². The zero-order chi connectivity index (χ0) is 20.6. The molecule has 0 N–H and O–H groups in total. The van der Waals surface area contributed by atoms with E-state index in [0.717, 1.165) is 22.0 Å². The van der Waals surface area contributed by atoms with Gasteiger partial charge in [0.2, 0.25) is 11.7 Å². The second kappa shape index (κ2) is 8.02. The molecule has 1 aliphatic rings. The Bertz CT molecular complexity index is 998. The highest BCUT2D eigenvalue weighted by Crippen LogP contribution is 2.24. The largest absolute Gasteiger partial charge is 0.338 e. The number of fused-ring (bicyclic) bond motifs is 1. The second-order valence-electron chi connectivity index (χ2n) is 7.94. The third-order valence-corrected chi connectivity index (χ3v) is 7.89. The average Bonchev–Trinajstić information content (AvgIpc) is 3.18. The number of aryl methyl sites for hydroxylation is 2. The van der Waals surface area contributed by atoms with E-state index in [1.807, 2.05) is 45.2 Å². The predicted molar refractivity (Wildman–Crippen MR) is 112 cm³/mol. The van der Waals surface area contributed by atoms with Crippen LogP contribution in [0.1, 0.15) is 37.2 Å². The van der Waals surface area contributed by atoms with Gasteiger partial charge in [0.25, 0.3) is 0 Å². The topological polar surface area (TPSA) is 84.6 Å². The van der Waals surface area contributed by atoms with Crippen molar-refractivity contribution in [3.05, 3.63) is 23.1 Å². The van der Waals surface area contributed by atoms with Gasteiger partial charge in [0.15, 0.2) is 9.84 Å². The van der Waals surface area contributed by atoms with Crippen LogP contribution in [0, 0.1) is 26.7 Å². The van der Waals surface area contributed by atoms with Gasteiger partial charge < -0.3 is 4.90 Å². The van der Waals surface area contributed by atoms with Crippen LogP contribution >= 0.6 is 11.8 Å². The van der Waals surface area contributed by atoms with E-state index < -0.39 is 9.84 Å². The maximum atomic E-state index is 12.9. The Morgan fingerprint density at radius 2 is 2.04 bits per heavy atom. The maximum absolute atomic E-state index is 12.9. The molecule has 1 atom stereocenters. The Morgan fingerprint density at radius 1 is 1.32 bits per heavy atom. The highest BCUT2D eigenvalue weighted by atomic mass is 32.2. The second-order valence-corrected chi connectivity index (χ2v) is 11.2. The minimum Gasteiger partial charge on any atom is -0.338 e. The number of hydrogen-bond donors (Lipinski definition) is 0. The van der Waals surface area contributed by atoms with Crippen molar-refractivity contribution in [2.75, 3.05) is 23.8 Å². The fraction of sp³-hybridized carbons (Fsp3) is 0.632. The number of sulfone groups is 1. The third-order valence-electron chi connectivity index (χ3n) is 5.25. The maximum Gasteiger partial charge on any atom is 0.235 e. The fourth-order valence-electron chi connectivity index (χ4n) is 3.51. The molecule has 0 saturated carbocycles.